The number of nitrogens with one attached hydrogen (secondary N) is 2. The molecular weight excluding hydrogens is 517 g/mol. The van der Waals surface area contributed by atoms with Crippen molar-refractivity contribution in [2.75, 3.05) is 18.2 Å². The van der Waals surface area contributed by atoms with Gasteiger partial charge in [0.15, 0.2) is 17.0 Å². The molecule has 0 saturated carbocycles. The molecule has 192 valence electrons. The molecule has 2 heterocycles. The number of carboxylic acid groups (broad SMARTS) is 1. The van der Waals surface area contributed by atoms with E-state index in [0.717, 1.165) is 23.9 Å². The molecule has 16 heteroatoms. The number of aromatic carboxylic acids is 1. The van der Waals surface area contributed by atoms with E-state index in [-0.39, 0.29) is 34.1 Å². The van der Waals surface area contributed by atoms with Crippen molar-refractivity contribution in [3.63, 3.8) is 0 Å². The predicted molar refractivity (Wildman–Crippen MR) is 128 cm³/mol. The average molecular weight is 534 g/mol. The fourth-order valence-corrected chi connectivity index (χ4v) is 3.19. The second-order valence-electron chi connectivity index (χ2n) is 7.17. The Kier molecular flexibility index (Phi) is 7.79. The van der Waals surface area contributed by atoms with Crippen molar-refractivity contribution >= 4 is 52.3 Å². The molecule has 7 N–H and O–H groups in total. The number of nitrogen functional groups attached to an aromatic ring is 1. The summed E-state index contributed by atoms with van der Waals surface area (Å²) in [5.41, 5.74) is 8.58. The number of primary amides is 1. The average Bonchev–Trinajstić information content (AvgIpc) is 3.32. The van der Waals surface area contributed by atoms with Gasteiger partial charge in [-0.15, -0.1) is 0 Å². The summed E-state index contributed by atoms with van der Waals surface area (Å²) >= 11 is 5.35. The lowest BCUT2D eigenvalue weighted by Crippen LogP contribution is -2.36. The Hall–Kier alpha value is -4.89. The van der Waals surface area contributed by atoms with Gasteiger partial charge in [-0.1, -0.05) is 6.07 Å². The first-order valence-electron chi connectivity index (χ1n) is 9.97. The number of carboxylic acids is 1. The van der Waals surface area contributed by atoms with Gasteiger partial charge in [0.05, 0.1) is 12.8 Å². The van der Waals surface area contributed by atoms with Crippen LogP contribution in [-0.2, 0) is 11.3 Å². The summed E-state index contributed by atoms with van der Waals surface area (Å²) in [7, 11) is 1.14. The van der Waals surface area contributed by atoms with Crippen LogP contribution in [-0.4, -0.2) is 44.4 Å². The van der Waals surface area contributed by atoms with Crippen molar-refractivity contribution in [1.82, 2.24) is 19.2 Å². The molecule has 0 bridgehead atoms. The maximum absolute atomic E-state index is 13.5. The Morgan fingerprint density at radius 1 is 1.22 bits per heavy atom. The summed E-state index contributed by atoms with van der Waals surface area (Å²) < 4.78 is 19.2. The van der Waals surface area contributed by atoms with Crippen molar-refractivity contribution in [3.05, 3.63) is 79.5 Å². The fraction of sp³-hybridized carbons (Fsp3) is 0.0952. The summed E-state index contributed by atoms with van der Waals surface area (Å²) in [5, 5.41) is 11.4. The molecule has 37 heavy (non-hydrogen) atoms. The number of esters is 1. The molecule has 0 aliphatic heterocycles. The first kappa shape index (κ1) is 26.7. The number of hydrogen-bond donors (Lipinski definition) is 5. The van der Waals surface area contributed by atoms with Crippen LogP contribution in [0.5, 0.6) is 0 Å². The molecular formula is C21H17ClFN7O7. The summed E-state index contributed by atoms with van der Waals surface area (Å²) in [5.74, 6) is -3.58. The van der Waals surface area contributed by atoms with Crippen LogP contribution in [0, 0.1) is 5.82 Å². The molecule has 14 nitrogen and oxygen atoms in total. The van der Waals surface area contributed by atoms with E-state index in [9.17, 15) is 28.4 Å². The molecule has 4 aromatic rings. The zero-order valence-corrected chi connectivity index (χ0v) is 19.5. The van der Waals surface area contributed by atoms with E-state index in [1.54, 1.807) is 6.07 Å². The summed E-state index contributed by atoms with van der Waals surface area (Å²) in [6.45, 7) is 0.331. The third kappa shape index (κ3) is 5.36. The molecule has 0 unspecified atom stereocenters. The summed E-state index contributed by atoms with van der Waals surface area (Å²) in [6.07, 6.45) is 1.14. The van der Waals surface area contributed by atoms with E-state index in [1.165, 1.54) is 12.1 Å². The number of carbonyl (C=O) groups is 3. The molecule has 2 aromatic heterocycles. The lowest BCUT2D eigenvalue weighted by molar-refractivity contribution is 0.0591. The number of anilines is 3. The number of imidazole rings is 1. The fourth-order valence-electron chi connectivity index (χ4n) is 3.04. The lowest BCUT2D eigenvalue weighted by atomic mass is 10.1. The van der Waals surface area contributed by atoms with Gasteiger partial charge < -0.3 is 26.6 Å². The topological polar surface area (TPSA) is 221 Å². The number of amides is 1. The van der Waals surface area contributed by atoms with E-state index in [0.29, 0.717) is 12.1 Å². The summed E-state index contributed by atoms with van der Waals surface area (Å²) in [6, 6.07) is 5.27. The molecule has 0 atom stereocenters. The van der Waals surface area contributed by atoms with Crippen LogP contribution in [0.2, 0.25) is 0 Å². The van der Waals surface area contributed by atoms with Gasteiger partial charge in [-0.05, 0) is 29.5 Å². The smallest absolute Gasteiger partial charge is 0.355 e. The van der Waals surface area contributed by atoms with Crippen LogP contribution >= 0.6 is 11.8 Å². The van der Waals surface area contributed by atoms with Crippen LogP contribution < -0.4 is 32.5 Å². The number of aromatic nitrogens is 3. The van der Waals surface area contributed by atoms with Crippen LogP contribution in [0.1, 0.15) is 37.0 Å². The second kappa shape index (κ2) is 10.8. The van der Waals surface area contributed by atoms with Gasteiger partial charge in [-0.3, -0.25) is 18.8 Å². The molecule has 4 rings (SSSR count). The maximum Gasteiger partial charge on any atom is 0.355 e. The van der Waals surface area contributed by atoms with Gasteiger partial charge in [0.2, 0.25) is 0 Å². The third-order valence-corrected chi connectivity index (χ3v) is 4.99. The Bertz CT molecular complexity index is 1610. The van der Waals surface area contributed by atoms with Gasteiger partial charge in [0, 0.05) is 12.6 Å². The highest BCUT2D eigenvalue weighted by Gasteiger charge is 2.21. The Labute approximate surface area is 210 Å². The number of fused-ring (bicyclic) bond motifs is 1. The number of hydrogen-bond acceptors (Lipinski definition) is 11. The van der Waals surface area contributed by atoms with Gasteiger partial charge in [-0.25, -0.2) is 28.8 Å². The standard InChI is InChI=1S/C11H9ClFN3O2.C10H8N4O5/c12-15-4-5-1-2-6(13)7(3-5)16-9-8(14)10(17)11(9)18;1-19-10(18)5-2-4(9(16)17)13-8-6(7(11)15)12-3-14(5)8/h1-3,15-16H,4,14H2;2-3H,1H3,(H2,11,15)(H,16,17). The number of nitrogens with zero attached hydrogens (tertiary/aromatic N) is 3. The van der Waals surface area contributed by atoms with E-state index in [4.69, 9.17) is 28.4 Å². The van der Waals surface area contributed by atoms with Crippen molar-refractivity contribution < 1.29 is 28.6 Å². The van der Waals surface area contributed by atoms with Crippen LogP contribution in [0.15, 0.2) is 40.2 Å². The number of carbonyl (C=O) groups excluding carboxylic acids is 2. The Morgan fingerprint density at radius 3 is 2.49 bits per heavy atom. The number of nitrogens with two attached hydrogens (primary N) is 2. The highest BCUT2D eigenvalue weighted by molar-refractivity contribution is 6.13. The van der Waals surface area contributed by atoms with Crippen molar-refractivity contribution in [2.45, 2.75) is 6.54 Å². The number of rotatable bonds is 7. The van der Waals surface area contributed by atoms with E-state index in [2.05, 4.69) is 24.9 Å². The first-order valence-corrected chi connectivity index (χ1v) is 10.3. The van der Waals surface area contributed by atoms with E-state index in [1.807, 2.05) is 0 Å². The predicted octanol–water partition coefficient (Wildman–Crippen LogP) is 0.304. The first-order chi connectivity index (χ1) is 17.5. The molecule has 0 fully saturated rings. The maximum atomic E-state index is 13.5. The third-order valence-electron chi connectivity index (χ3n) is 4.86. The van der Waals surface area contributed by atoms with Crippen molar-refractivity contribution in [2.24, 2.45) is 5.73 Å². The van der Waals surface area contributed by atoms with Gasteiger partial charge in [-0.2, -0.15) is 0 Å². The minimum atomic E-state index is -1.36. The monoisotopic (exact) mass is 533 g/mol. The van der Waals surface area contributed by atoms with Crippen molar-refractivity contribution in [1.29, 1.82) is 0 Å². The minimum absolute atomic E-state index is 0.0678. The van der Waals surface area contributed by atoms with E-state index < -0.39 is 40.2 Å². The quantitative estimate of drug-likeness (QED) is 0.123. The zero-order valence-electron chi connectivity index (χ0n) is 18.7. The van der Waals surface area contributed by atoms with Crippen LogP contribution in [0.3, 0.4) is 0 Å². The molecule has 0 saturated heterocycles. The van der Waals surface area contributed by atoms with Crippen LogP contribution in [0.25, 0.3) is 5.65 Å². The number of methoxy groups -OCH3 is 1. The number of benzene rings is 1. The summed E-state index contributed by atoms with van der Waals surface area (Å²) in [4.78, 5) is 65.6. The molecule has 0 aliphatic rings. The molecule has 0 radical (unpaired) electrons. The molecule has 0 spiro atoms. The lowest BCUT2D eigenvalue weighted by Gasteiger charge is -2.11. The van der Waals surface area contributed by atoms with E-state index >= 15 is 0 Å². The molecule has 1 amide bonds. The SMILES string of the molecule is COC(=O)c1cc(C(=O)O)nc2c(C(N)=O)ncn12.Nc1c(Nc2cc(CNCl)ccc2F)c(=O)c1=O. The molecule has 2 aromatic carbocycles. The molecule has 0 aliphatic carbocycles. The van der Waals surface area contributed by atoms with Gasteiger partial charge in [0.1, 0.15) is 29.2 Å². The largest absolute Gasteiger partial charge is 0.477 e. The Morgan fingerprint density at radius 2 is 1.92 bits per heavy atom. The zero-order chi connectivity index (χ0) is 27.4. The van der Waals surface area contributed by atoms with Gasteiger partial charge in [0.25, 0.3) is 16.8 Å². The number of halogens is 2. The second-order valence-corrected chi connectivity index (χ2v) is 7.44. The van der Waals surface area contributed by atoms with Gasteiger partial charge >= 0.3 is 11.9 Å². The highest BCUT2D eigenvalue weighted by Crippen LogP contribution is 2.22. The minimum Gasteiger partial charge on any atom is -0.477 e. The Balaban J connectivity index is 0.000000206. The highest BCUT2D eigenvalue weighted by atomic mass is 35.5. The van der Waals surface area contributed by atoms with Crippen molar-refractivity contribution in [3.8, 4) is 0 Å². The van der Waals surface area contributed by atoms with Crippen LogP contribution in [0.4, 0.5) is 21.5 Å². The number of ether oxygens (including phenoxy) is 1. The normalized spacial score (nSPS) is 10.6.